The van der Waals surface area contributed by atoms with E-state index < -0.39 is 34.5 Å². The lowest BCUT2D eigenvalue weighted by molar-refractivity contribution is -0.384. The molecule has 2 aromatic carbocycles. The molecule has 0 N–H and O–H groups in total. The van der Waals surface area contributed by atoms with E-state index in [1.807, 2.05) is 4.90 Å². The van der Waals surface area contributed by atoms with Crippen LogP contribution in [0.1, 0.15) is 28.8 Å². The summed E-state index contributed by atoms with van der Waals surface area (Å²) in [4.78, 5) is 54.0. The summed E-state index contributed by atoms with van der Waals surface area (Å²) in [5, 5.41) is 11.1. The zero-order valence-electron chi connectivity index (χ0n) is 17.2. The van der Waals surface area contributed by atoms with Crippen molar-refractivity contribution in [2.75, 3.05) is 11.4 Å². The third-order valence-corrected chi connectivity index (χ3v) is 6.88. The van der Waals surface area contributed by atoms with Gasteiger partial charge >= 0.3 is 0 Å². The average Bonchev–Trinajstić information content (AvgIpc) is 3.40. The van der Waals surface area contributed by atoms with Crippen molar-refractivity contribution in [3.63, 3.8) is 0 Å². The number of Topliss-reactive ketones (excluding diaryl/α,β-unsaturated/α-hetero) is 1. The van der Waals surface area contributed by atoms with Gasteiger partial charge in [0.25, 0.3) is 5.69 Å². The lowest BCUT2D eigenvalue weighted by Gasteiger charge is -2.28. The highest BCUT2D eigenvalue weighted by Crippen LogP contribution is 2.49. The van der Waals surface area contributed by atoms with Crippen LogP contribution < -0.4 is 4.90 Å². The summed E-state index contributed by atoms with van der Waals surface area (Å²) in [6.45, 7) is 2.23. The Morgan fingerprint density at radius 3 is 2.44 bits per heavy atom. The summed E-state index contributed by atoms with van der Waals surface area (Å²) in [7, 11) is 0. The van der Waals surface area contributed by atoms with Crippen LogP contribution in [0.5, 0.6) is 0 Å². The van der Waals surface area contributed by atoms with Crippen molar-refractivity contribution in [1.29, 1.82) is 0 Å². The third kappa shape index (κ3) is 2.88. The molecule has 3 fully saturated rings. The molecule has 0 saturated carbocycles. The number of fused-ring (bicyclic) bond motifs is 3. The molecule has 0 aromatic heterocycles. The highest BCUT2D eigenvalue weighted by molar-refractivity contribution is 6.24. The van der Waals surface area contributed by atoms with Gasteiger partial charge in [0.05, 0.1) is 28.5 Å². The topological polar surface area (TPSA) is 101 Å². The molecule has 3 saturated heterocycles. The van der Waals surface area contributed by atoms with Crippen LogP contribution in [0.4, 0.5) is 15.8 Å². The van der Waals surface area contributed by atoms with E-state index in [-0.39, 0.29) is 23.4 Å². The molecule has 0 bridgehead atoms. The van der Waals surface area contributed by atoms with Gasteiger partial charge < -0.3 is 0 Å². The van der Waals surface area contributed by atoms with Gasteiger partial charge in [-0.05, 0) is 62.2 Å². The summed E-state index contributed by atoms with van der Waals surface area (Å²) in [6.07, 6.45) is 1.53. The lowest BCUT2D eigenvalue weighted by Crippen LogP contribution is -2.46. The predicted molar refractivity (Wildman–Crippen MR) is 112 cm³/mol. The number of nitrogens with zero attached hydrogens (tertiary/aromatic N) is 3. The molecule has 9 heteroatoms. The largest absolute Gasteiger partial charge is 0.292 e. The smallest absolute Gasteiger partial charge is 0.269 e. The Bertz CT molecular complexity index is 1160. The van der Waals surface area contributed by atoms with E-state index in [9.17, 15) is 28.9 Å². The van der Waals surface area contributed by atoms with Gasteiger partial charge in [-0.25, -0.2) is 9.29 Å². The number of nitro benzene ring substituents is 1. The number of anilines is 1. The fourth-order valence-electron chi connectivity index (χ4n) is 5.54. The Morgan fingerprint density at radius 2 is 1.78 bits per heavy atom. The van der Waals surface area contributed by atoms with Crippen molar-refractivity contribution in [3.05, 3.63) is 69.5 Å². The Hall–Kier alpha value is -3.46. The van der Waals surface area contributed by atoms with Crippen molar-refractivity contribution in [1.82, 2.24) is 4.90 Å². The standard InChI is InChI=1S/C23H20FN3O5/c1-12-11-15(27(31)32)8-9-16(12)26-22(29)18-17-3-2-10-25(17)20(19(18)23(26)30)21(28)13-4-6-14(24)7-5-13/h4-9,11,17-20H,2-3,10H2,1H3/t17-,18+,19+,20+/m1/s1. The maximum Gasteiger partial charge on any atom is 0.269 e. The number of hydrogen-bond acceptors (Lipinski definition) is 6. The van der Waals surface area contributed by atoms with E-state index in [1.165, 1.54) is 42.5 Å². The Labute approximate surface area is 182 Å². The first-order valence-corrected chi connectivity index (χ1v) is 10.5. The summed E-state index contributed by atoms with van der Waals surface area (Å²) in [5.74, 6) is -3.08. The first-order valence-electron chi connectivity index (χ1n) is 10.5. The molecular weight excluding hydrogens is 417 g/mol. The van der Waals surface area contributed by atoms with Gasteiger partial charge in [-0.3, -0.25) is 29.4 Å². The number of halogens is 1. The van der Waals surface area contributed by atoms with Crippen LogP contribution in [-0.2, 0) is 9.59 Å². The molecule has 32 heavy (non-hydrogen) atoms. The quantitative estimate of drug-likeness (QED) is 0.316. The molecule has 2 aromatic rings. The van der Waals surface area contributed by atoms with Crippen LogP contribution in [0.15, 0.2) is 42.5 Å². The Kier molecular flexibility index (Phi) is 4.67. The van der Waals surface area contributed by atoms with Gasteiger partial charge in [-0.2, -0.15) is 0 Å². The summed E-state index contributed by atoms with van der Waals surface area (Å²) in [5.41, 5.74) is 0.910. The van der Waals surface area contributed by atoms with Crippen LogP contribution in [0.2, 0.25) is 0 Å². The average molecular weight is 437 g/mol. The van der Waals surface area contributed by atoms with Gasteiger partial charge in [0.15, 0.2) is 5.78 Å². The number of nitro groups is 1. The molecule has 3 aliphatic rings. The minimum atomic E-state index is -0.833. The van der Waals surface area contributed by atoms with E-state index in [1.54, 1.807) is 6.92 Å². The number of imide groups is 1. The van der Waals surface area contributed by atoms with Crippen molar-refractivity contribution in [2.45, 2.75) is 31.8 Å². The number of benzene rings is 2. The number of hydrogen-bond donors (Lipinski definition) is 0. The van der Waals surface area contributed by atoms with Gasteiger partial charge in [0.2, 0.25) is 11.8 Å². The fourth-order valence-corrected chi connectivity index (χ4v) is 5.54. The number of aryl methyl sites for hydroxylation is 1. The van der Waals surface area contributed by atoms with E-state index in [0.29, 0.717) is 29.8 Å². The van der Waals surface area contributed by atoms with Gasteiger partial charge in [0.1, 0.15) is 5.82 Å². The molecule has 5 rings (SSSR count). The maximum absolute atomic E-state index is 13.5. The second-order valence-electron chi connectivity index (χ2n) is 8.55. The second-order valence-corrected chi connectivity index (χ2v) is 8.55. The molecular formula is C23H20FN3O5. The van der Waals surface area contributed by atoms with Crippen molar-refractivity contribution >= 4 is 29.0 Å². The van der Waals surface area contributed by atoms with Crippen molar-refractivity contribution in [2.24, 2.45) is 11.8 Å². The molecule has 0 radical (unpaired) electrons. The summed E-state index contributed by atoms with van der Waals surface area (Å²) in [6, 6.07) is 8.20. The zero-order chi connectivity index (χ0) is 22.7. The third-order valence-electron chi connectivity index (χ3n) is 6.88. The molecule has 8 nitrogen and oxygen atoms in total. The second kappa shape index (κ2) is 7.30. The lowest BCUT2D eigenvalue weighted by atomic mass is 9.85. The molecule has 0 unspecified atom stereocenters. The Balaban J connectivity index is 1.54. The van der Waals surface area contributed by atoms with Crippen LogP contribution >= 0.6 is 0 Å². The van der Waals surface area contributed by atoms with E-state index in [2.05, 4.69) is 0 Å². The molecule has 4 atom stereocenters. The number of non-ortho nitro benzene ring substituents is 1. The highest BCUT2D eigenvalue weighted by Gasteiger charge is 2.64. The van der Waals surface area contributed by atoms with Crippen molar-refractivity contribution < 1.29 is 23.7 Å². The number of ketones is 1. The van der Waals surface area contributed by atoms with Crippen LogP contribution in [-0.4, -0.2) is 46.0 Å². The Morgan fingerprint density at radius 1 is 1.09 bits per heavy atom. The van der Waals surface area contributed by atoms with Crippen LogP contribution in [0.3, 0.4) is 0 Å². The predicted octanol–water partition coefficient (Wildman–Crippen LogP) is 2.88. The molecule has 2 amide bonds. The normalized spacial score (nSPS) is 27.0. The summed E-state index contributed by atoms with van der Waals surface area (Å²) < 4.78 is 13.4. The van der Waals surface area contributed by atoms with Gasteiger partial charge in [-0.1, -0.05) is 0 Å². The molecule has 0 spiro atoms. The maximum atomic E-state index is 13.5. The van der Waals surface area contributed by atoms with Gasteiger partial charge in [0, 0.05) is 23.7 Å². The zero-order valence-corrected chi connectivity index (χ0v) is 17.2. The van der Waals surface area contributed by atoms with Crippen molar-refractivity contribution in [3.8, 4) is 0 Å². The number of amides is 2. The molecule has 3 heterocycles. The molecule has 0 aliphatic carbocycles. The highest BCUT2D eigenvalue weighted by atomic mass is 19.1. The van der Waals surface area contributed by atoms with E-state index >= 15 is 0 Å². The minimum absolute atomic E-state index is 0.128. The molecule has 164 valence electrons. The molecule has 3 aliphatic heterocycles. The minimum Gasteiger partial charge on any atom is -0.292 e. The number of carbonyl (C=O) groups is 3. The fraction of sp³-hybridized carbons (Fsp3) is 0.348. The first kappa shape index (κ1) is 20.4. The summed E-state index contributed by atoms with van der Waals surface area (Å²) >= 11 is 0. The number of carbonyl (C=O) groups excluding carboxylic acids is 3. The van der Waals surface area contributed by atoms with E-state index in [0.717, 1.165) is 11.3 Å². The van der Waals surface area contributed by atoms with Gasteiger partial charge in [-0.15, -0.1) is 0 Å². The van der Waals surface area contributed by atoms with Crippen LogP contribution in [0, 0.1) is 34.7 Å². The van der Waals surface area contributed by atoms with Crippen LogP contribution in [0.25, 0.3) is 0 Å². The monoisotopic (exact) mass is 437 g/mol. The first-order chi connectivity index (χ1) is 15.3. The van der Waals surface area contributed by atoms with E-state index in [4.69, 9.17) is 0 Å². The number of rotatable bonds is 4. The SMILES string of the molecule is Cc1cc([N+](=O)[O-])ccc1N1C(=O)[C@@H]2[C@H](C1=O)[C@@H](C(=O)c1ccc(F)cc1)N1CCC[C@H]21.